The van der Waals surface area contributed by atoms with E-state index in [9.17, 15) is 13.0 Å². The quantitative estimate of drug-likeness (QED) is 0.830. The topological polar surface area (TPSA) is 17.1 Å². The normalized spacial score (nSPS) is 12.4. The van der Waals surface area contributed by atoms with Gasteiger partial charge < -0.3 is 0 Å². The molecule has 5 heteroatoms. The molecule has 0 spiro atoms. The highest BCUT2D eigenvalue weighted by Crippen LogP contribution is 2.19. The second-order valence-corrected chi connectivity index (χ2v) is 6.00. The molecule has 0 saturated heterocycles. The molecule has 0 aliphatic heterocycles. The molecule has 94 valence electrons. The van der Waals surface area contributed by atoms with Crippen LogP contribution in [0, 0.1) is 11.6 Å². The average Bonchev–Trinajstić information content (AvgIpc) is 2.34. The fourth-order valence-corrected chi connectivity index (χ4v) is 2.79. The standard InChI is InChI=1S/C13H9BrF2OS/c14-12-6-1-9(7-13(12)16)8-18(17)11-4-2-10(15)3-5-11/h1-7H,8H2. The van der Waals surface area contributed by atoms with Crippen LogP contribution in [0.2, 0.25) is 0 Å². The molecule has 2 rings (SSSR count). The summed E-state index contributed by atoms with van der Waals surface area (Å²) in [5.74, 6) is -0.551. The summed E-state index contributed by atoms with van der Waals surface area (Å²) < 4.78 is 38.4. The van der Waals surface area contributed by atoms with Crippen molar-refractivity contribution in [3.8, 4) is 0 Å². The molecule has 0 amide bonds. The van der Waals surface area contributed by atoms with E-state index < -0.39 is 10.8 Å². The Bertz CT molecular complexity index is 584. The summed E-state index contributed by atoms with van der Waals surface area (Å²) in [6.07, 6.45) is 0. The highest BCUT2D eigenvalue weighted by molar-refractivity contribution is 9.10. The van der Waals surface area contributed by atoms with E-state index in [0.29, 0.717) is 14.9 Å². The summed E-state index contributed by atoms with van der Waals surface area (Å²) in [4.78, 5) is 0.528. The maximum absolute atomic E-state index is 13.3. The van der Waals surface area contributed by atoms with Crippen molar-refractivity contribution in [1.29, 1.82) is 0 Å². The molecule has 18 heavy (non-hydrogen) atoms. The van der Waals surface area contributed by atoms with E-state index in [1.165, 1.54) is 30.3 Å². The molecule has 0 radical (unpaired) electrons. The van der Waals surface area contributed by atoms with Gasteiger partial charge >= 0.3 is 0 Å². The Kier molecular flexibility index (Phi) is 4.24. The monoisotopic (exact) mass is 330 g/mol. The molecular formula is C13H9BrF2OS. The third-order valence-corrected chi connectivity index (χ3v) is 4.39. The first kappa shape index (κ1) is 13.4. The molecule has 0 aromatic heterocycles. The zero-order chi connectivity index (χ0) is 13.1. The predicted octanol–water partition coefficient (Wildman–Crippen LogP) is 4.04. The van der Waals surface area contributed by atoms with Crippen LogP contribution in [0.25, 0.3) is 0 Å². The molecule has 2 aromatic rings. The van der Waals surface area contributed by atoms with Crippen LogP contribution >= 0.6 is 15.9 Å². The van der Waals surface area contributed by atoms with Crippen molar-refractivity contribution in [3.05, 3.63) is 64.1 Å². The van der Waals surface area contributed by atoms with Gasteiger partial charge in [-0.2, -0.15) is 0 Å². The Morgan fingerprint density at radius 3 is 2.33 bits per heavy atom. The van der Waals surface area contributed by atoms with Crippen LogP contribution in [0.1, 0.15) is 5.56 Å². The fraction of sp³-hybridized carbons (Fsp3) is 0.0769. The van der Waals surface area contributed by atoms with Gasteiger partial charge in [0, 0.05) is 4.90 Å². The first-order valence-electron chi connectivity index (χ1n) is 5.14. The number of halogens is 3. The molecule has 0 saturated carbocycles. The molecule has 1 atom stereocenters. The molecule has 1 nitrogen and oxygen atoms in total. The first-order chi connectivity index (χ1) is 8.56. The third-order valence-electron chi connectivity index (χ3n) is 2.36. The lowest BCUT2D eigenvalue weighted by Gasteiger charge is -2.04. The smallest absolute Gasteiger partial charge is 0.137 e. The summed E-state index contributed by atoms with van der Waals surface area (Å²) >= 11 is 3.06. The lowest BCUT2D eigenvalue weighted by Crippen LogP contribution is -1.97. The van der Waals surface area contributed by atoms with Gasteiger partial charge in [-0.1, -0.05) is 6.07 Å². The van der Waals surface area contributed by atoms with E-state index in [2.05, 4.69) is 15.9 Å². The van der Waals surface area contributed by atoms with Gasteiger partial charge in [0.1, 0.15) is 11.6 Å². The highest BCUT2D eigenvalue weighted by Gasteiger charge is 2.07. The Labute approximate surface area is 114 Å². The average molecular weight is 331 g/mol. The van der Waals surface area contributed by atoms with Gasteiger partial charge in [-0.25, -0.2) is 8.78 Å². The van der Waals surface area contributed by atoms with E-state index in [1.54, 1.807) is 12.1 Å². The molecule has 0 fully saturated rings. The van der Waals surface area contributed by atoms with Gasteiger partial charge in [0.05, 0.1) is 21.0 Å². The summed E-state index contributed by atoms with van der Waals surface area (Å²) in [7, 11) is -1.31. The number of hydrogen-bond acceptors (Lipinski definition) is 1. The number of hydrogen-bond donors (Lipinski definition) is 0. The zero-order valence-electron chi connectivity index (χ0n) is 9.20. The van der Waals surface area contributed by atoms with Gasteiger partial charge in [-0.05, 0) is 57.9 Å². The van der Waals surface area contributed by atoms with Crippen LogP contribution in [-0.2, 0) is 16.6 Å². The SMILES string of the molecule is O=S(Cc1ccc(Br)c(F)c1)c1ccc(F)cc1. The summed E-state index contributed by atoms with van der Waals surface area (Å²) in [6.45, 7) is 0. The minimum absolute atomic E-state index is 0.204. The van der Waals surface area contributed by atoms with Crippen LogP contribution in [0.5, 0.6) is 0 Å². The van der Waals surface area contributed by atoms with E-state index in [4.69, 9.17) is 0 Å². The fourth-order valence-electron chi connectivity index (χ4n) is 1.45. The van der Waals surface area contributed by atoms with Crippen LogP contribution < -0.4 is 0 Å². The maximum Gasteiger partial charge on any atom is 0.137 e. The van der Waals surface area contributed by atoms with Gasteiger partial charge in [0.2, 0.25) is 0 Å². The summed E-state index contributed by atoms with van der Waals surface area (Å²) in [5, 5.41) is 0. The molecule has 0 aliphatic rings. The Morgan fingerprint density at radius 1 is 1.06 bits per heavy atom. The van der Waals surface area contributed by atoms with Crippen molar-refractivity contribution < 1.29 is 13.0 Å². The molecule has 0 bridgehead atoms. The van der Waals surface area contributed by atoms with E-state index in [0.717, 1.165) is 0 Å². The van der Waals surface area contributed by atoms with Crippen molar-refractivity contribution in [1.82, 2.24) is 0 Å². The molecule has 0 N–H and O–H groups in total. The highest BCUT2D eigenvalue weighted by atomic mass is 79.9. The van der Waals surface area contributed by atoms with E-state index in [1.807, 2.05) is 0 Å². The van der Waals surface area contributed by atoms with Crippen LogP contribution in [-0.4, -0.2) is 4.21 Å². The second-order valence-electron chi connectivity index (χ2n) is 3.69. The van der Waals surface area contributed by atoms with Gasteiger partial charge in [-0.15, -0.1) is 0 Å². The van der Waals surface area contributed by atoms with Crippen molar-refractivity contribution >= 4 is 26.7 Å². The van der Waals surface area contributed by atoms with E-state index in [-0.39, 0.29) is 17.4 Å². The minimum atomic E-state index is -1.31. The number of benzene rings is 2. The lowest BCUT2D eigenvalue weighted by molar-refractivity contribution is 0.619. The molecule has 2 aromatic carbocycles. The van der Waals surface area contributed by atoms with Crippen molar-refractivity contribution in [2.75, 3.05) is 0 Å². The Hall–Kier alpha value is -1.07. The number of rotatable bonds is 3. The first-order valence-corrected chi connectivity index (χ1v) is 7.25. The maximum atomic E-state index is 13.3. The largest absolute Gasteiger partial charge is 0.254 e. The van der Waals surface area contributed by atoms with E-state index >= 15 is 0 Å². The van der Waals surface area contributed by atoms with Crippen molar-refractivity contribution in [3.63, 3.8) is 0 Å². The molecular weight excluding hydrogens is 322 g/mol. The Balaban J connectivity index is 2.16. The summed E-state index contributed by atoms with van der Waals surface area (Å²) in [6, 6.07) is 10.1. The van der Waals surface area contributed by atoms with Gasteiger partial charge in [0.25, 0.3) is 0 Å². The molecule has 0 heterocycles. The van der Waals surface area contributed by atoms with Gasteiger partial charge in [-0.3, -0.25) is 4.21 Å². The molecule has 0 aliphatic carbocycles. The predicted molar refractivity (Wildman–Crippen MR) is 70.6 cm³/mol. The molecule has 1 unspecified atom stereocenters. The minimum Gasteiger partial charge on any atom is -0.254 e. The zero-order valence-corrected chi connectivity index (χ0v) is 11.6. The van der Waals surface area contributed by atoms with Crippen LogP contribution in [0.4, 0.5) is 8.78 Å². The van der Waals surface area contributed by atoms with Crippen LogP contribution in [0.3, 0.4) is 0 Å². The summed E-state index contributed by atoms with van der Waals surface area (Å²) in [5.41, 5.74) is 0.637. The van der Waals surface area contributed by atoms with Crippen molar-refractivity contribution in [2.45, 2.75) is 10.6 Å². The van der Waals surface area contributed by atoms with Crippen LogP contribution in [0.15, 0.2) is 51.8 Å². The lowest BCUT2D eigenvalue weighted by atomic mass is 10.2. The second kappa shape index (κ2) is 5.71. The third kappa shape index (κ3) is 3.23. The van der Waals surface area contributed by atoms with Gasteiger partial charge in [0.15, 0.2) is 0 Å². The van der Waals surface area contributed by atoms with Crippen molar-refractivity contribution in [2.24, 2.45) is 0 Å². The Morgan fingerprint density at radius 2 is 1.72 bits per heavy atom.